The molecule has 2 heterocycles. The Hall–Kier alpha value is -3.48. The van der Waals surface area contributed by atoms with Gasteiger partial charge in [-0.05, 0) is 35.9 Å². The Morgan fingerprint density at radius 1 is 1.22 bits per heavy atom. The summed E-state index contributed by atoms with van der Waals surface area (Å²) >= 11 is 0. The van der Waals surface area contributed by atoms with Crippen LogP contribution in [0, 0.1) is 0 Å². The fourth-order valence-electron chi connectivity index (χ4n) is 3.11. The van der Waals surface area contributed by atoms with E-state index in [2.05, 4.69) is 10.3 Å². The Morgan fingerprint density at radius 3 is 2.48 bits per heavy atom. The Kier molecular flexibility index (Phi) is 5.03. The summed E-state index contributed by atoms with van der Waals surface area (Å²) in [7, 11) is 0. The fraction of sp³-hybridized carbons (Fsp3) is 0.200. The number of aliphatic hydroxyl groups is 1. The van der Waals surface area contributed by atoms with Crippen molar-refractivity contribution in [3.05, 3.63) is 65.7 Å². The molecule has 0 bridgehead atoms. The molecule has 2 N–H and O–H groups in total. The Morgan fingerprint density at radius 2 is 1.93 bits per heavy atom. The lowest BCUT2D eigenvalue weighted by molar-refractivity contribution is -0.118. The molecule has 0 saturated heterocycles. The number of Topliss-reactive ketones (excluding diaryl/α,β-unsaturated/α-hetero) is 1. The molecular weight excluding hydrogens is 346 g/mol. The van der Waals surface area contributed by atoms with Crippen molar-refractivity contribution in [1.29, 1.82) is 0 Å². The molecule has 0 saturated carbocycles. The van der Waals surface area contributed by atoms with Gasteiger partial charge in [-0.2, -0.15) is 0 Å². The number of aliphatic hydroxyl groups excluding tert-OH is 1. The number of nitrogens with one attached hydrogen (secondary N) is 1. The molecule has 1 aliphatic rings. The number of carbonyl (C=O) groups is 3. The van der Waals surface area contributed by atoms with Gasteiger partial charge < -0.3 is 10.4 Å². The lowest BCUT2D eigenvalue weighted by Gasteiger charge is -2.26. The summed E-state index contributed by atoms with van der Waals surface area (Å²) in [5, 5.41) is 13.0. The highest BCUT2D eigenvalue weighted by Crippen LogP contribution is 2.41. The summed E-state index contributed by atoms with van der Waals surface area (Å²) in [5.74, 6) is -1.69. The van der Waals surface area contributed by atoms with Gasteiger partial charge in [-0.15, -0.1) is 0 Å². The van der Waals surface area contributed by atoms with Crippen LogP contribution in [0.2, 0.25) is 0 Å². The van der Waals surface area contributed by atoms with E-state index < -0.39 is 17.7 Å². The first kappa shape index (κ1) is 18.3. The Labute approximate surface area is 156 Å². The van der Waals surface area contributed by atoms with E-state index >= 15 is 0 Å². The van der Waals surface area contributed by atoms with E-state index in [1.54, 1.807) is 55.7 Å². The van der Waals surface area contributed by atoms with Gasteiger partial charge in [-0.1, -0.05) is 13.0 Å². The molecule has 138 valence electrons. The van der Waals surface area contributed by atoms with E-state index in [-0.39, 0.29) is 23.7 Å². The van der Waals surface area contributed by atoms with Crippen LogP contribution in [0.3, 0.4) is 0 Å². The van der Waals surface area contributed by atoms with Gasteiger partial charge in [0.05, 0.1) is 11.6 Å². The maximum absolute atomic E-state index is 12.8. The largest absolute Gasteiger partial charge is 0.503 e. The molecule has 7 nitrogen and oxygen atoms in total. The van der Waals surface area contributed by atoms with E-state index in [0.717, 1.165) is 0 Å². The van der Waals surface area contributed by atoms with Crippen molar-refractivity contribution < 1.29 is 19.5 Å². The molecule has 3 rings (SSSR count). The number of pyridine rings is 1. The third kappa shape index (κ3) is 3.44. The summed E-state index contributed by atoms with van der Waals surface area (Å²) in [5.41, 5.74) is 1.77. The van der Waals surface area contributed by atoms with Crippen LogP contribution >= 0.6 is 0 Å². The van der Waals surface area contributed by atoms with Gasteiger partial charge >= 0.3 is 0 Å². The zero-order valence-corrected chi connectivity index (χ0v) is 15.0. The highest BCUT2D eigenvalue weighted by Gasteiger charge is 2.43. The Balaban J connectivity index is 2.07. The van der Waals surface area contributed by atoms with E-state index in [4.69, 9.17) is 0 Å². The maximum Gasteiger partial charge on any atom is 0.294 e. The first-order valence-corrected chi connectivity index (χ1v) is 8.51. The second-order valence-corrected chi connectivity index (χ2v) is 6.13. The number of carbonyl (C=O) groups excluding carboxylic acids is 3. The minimum atomic E-state index is -0.759. The molecule has 7 heteroatoms. The average molecular weight is 365 g/mol. The van der Waals surface area contributed by atoms with E-state index in [0.29, 0.717) is 16.9 Å². The number of rotatable bonds is 5. The summed E-state index contributed by atoms with van der Waals surface area (Å²) in [6, 6.07) is 9.32. The van der Waals surface area contributed by atoms with E-state index in [9.17, 15) is 19.5 Å². The fourth-order valence-corrected chi connectivity index (χ4v) is 3.11. The number of ketones is 1. The van der Waals surface area contributed by atoms with Crippen molar-refractivity contribution in [3.8, 4) is 0 Å². The van der Waals surface area contributed by atoms with Gasteiger partial charge in [0.2, 0.25) is 5.91 Å². The number of anilines is 2. The second kappa shape index (κ2) is 7.41. The topological polar surface area (TPSA) is 99.6 Å². The van der Waals surface area contributed by atoms with Gasteiger partial charge in [-0.25, -0.2) is 0 Å². The van der Waals surface area contributed by atoms with Crippen LogP contribution in [0.4, 0.5) is 11.4 Å². The molecule has 0 spiro atoms. The van der Waals surface area contributed by atoms with Crippen LogP contribution in [0.5, 0.6) is 0 Å². The van der Waals surface area contributed by atoms with Crippen LogP contribution in [0.15, 0.2) is 60.1 Å². The highest BCUT2D eigenvalue weighted by atomic mass is 16.3. The van der Waals surface area contributed by atoms with Crippen molar-refractivity contribution in [2.45, 2.75) is 26.3 Å². The number of hydrogen-bond donors (Lipinski definition) is 2. The van der Waals surface area contributed by atoms with Crippen molar-refractivity contribution >= 4 is 29.0 Å². The standard InChI is InChI=1S/C20H19N3O4/c1-3-16(25)17-18(13-5-4-10-21-11-13)23(20(27)19(17)26)15-8-6-14(7-9-15)22-12(2)24/h4-11,18,26H,3H2,1-2H3,(H,22,24). The molecule has 0 fully saturated rings. The first-order valence-electron chi connectivity index (χ1n) is 8.51. The third-order valence-electron chi connectivity index (χ3n) is 4.30. The van der Waals surface area contributed by atoms with Crippen LogP contribution in [-0.2, 0) is 14.4 Å². The molecule has 1 aromatic carbocycles. The number of benzene rings is 1. The lowest BCUT2D eigenvalue weighted by atomic mass is 9.96. The molecule has 1 unspecified atom stereocenters. The zero-order valence-electron chi connectivity index (χ0n) is 15.0. The van der Waals surface area contributed by atoms with Crippen LogP contribution in [0.25, 0.3) is 0 Å². The van der Waals surface area contributed by atoms with Crippen molar-refractivity contribution in [2.75, 3.05) is 10.2 Å². The minimum absolute atomic E-state index is 0.0708. The van der Waals surface area contributed by atoms with Gasteiger partial charge in [0.15, 0.2) is 11.5 Å². The summed E-state index contributed by atoms with van der Waals surface area (Å²) in [4.78, 5) is 41.8. The molecule has 27 heavy (non-hydrogen) atoms. The number of hydrogen-bond acceptors (Lipinski definition) is 5. The normalized spacial score (nSPS) is 16.6. The summed E-state index contributed by atoms with van der Waals surface area (Å²) in [6.07, 6.45) is 3.33. The molecule has 2 aromatic rings. The second-order valence-electron chi connectivity index (χ2n) is 6.13. The predicted octanol–water partition coefficient (Wildman–Crippen LogP) is 2.92. The highest BCUT2D eigenvalue weighted by molar-refractivity contribution is 6.16. The average Bonchev–Trinajstić information content (AvgIpc) is 2.93. The molecule has 1 aromatic heterocycles. The first-order chi connectivity index (χ1) is 12.9. The van der Waals surface area contributed by atoms with Crippen LogP contribution in [0.1, 0.15) is 31.9 Å². The smallest absolute Gasteiger partial charge is 0.294 e. The van der Waals surface area contributed by atoms with Gasteiger partial charge in [-0.3, -0.25) is 24.3 Å². The quantitative estimate of drug-likeness (QED) is 0.849. The lowest BCUT2D eigenvalue weighted by Crippen LogP contribution is -2.31. The third-order valence-corrected chi connectivity index (χ3v) is 4.30. The van der Waals surface area contributed by atoms with E-state index in [1.807, 2.05) is 0 Å². The van der Waals surface area contributed by atoms with E-state index in [1.165, 1.54) is 11.8 Å². The van der Waals surface area contributed by atoms with Crippen molar-refractivity contribution in [2.24, 2.45) is 0 Å². The number of amides is 2. The van der Waals surface area contributed by atoms with Gasteiger partial charge in [0.1, 0.15) is 0 Å². The zero-order chi connectivity index (χ0) is 19.6. The van der Waals surface area contributed by atoms with Crippen molar-refractivity contribution in [1.82, 2.24) is 4.98 Å². The maximum atomic E-state index is 12.8. The molecular formula is C20H19N3O4. The molecule has 1 aliphatic heterocycles. The van der Waals surface area contributed by atoms with Crippen molar-refractivity contribution in [3.63, 3.8) is 0 Å². The number of nitrogens with zero attached hydrogens (tertiary/aromatic N) is 2. The number of aromatic nitrogens is 1. The van der Waals surface area contributed by atoms with Crippen LogP contribution in [-0.4, -0.2) is 27.7 Å². The monoisotopic (exact) mass is 365 g/mol. The summed E-state index contributed by atoms with van der Waals surface area (Å²) < 4.78 is 0. The molecule has 2 amide bonds. The summed E-state index contributed by atoms with van der Waals surface area (Å²) in [6.45, 7) is 3.08. The molecule has 0 aliphatic carbocycles. The Bertz CT molecular complexity index is 920. The molecule has 1 atom stereocenters. The predicted molar refractivity (Wildman–Crippen MR) is 100 cm³/mol. The van der Waals surface area contributed by atoms with Gasteiger partial charge in [0.25, 0.3) is 5.91 Å². The van der Waals surface area contributed by atoms with Gasteiger partial charge in [0, 0.05) is 37.1 Å². The van der Waals surface area contributed by atoms with Crippen LogP contribution < -0.4 is 10.2 Å². The SMILES string of the molecule is CCC(=O)C1=C(O)C(=O)N(c2ccc(NC(C)=O)cc2)C1c1cccnc1. The minimum Gasteiger partial charge on any atom is -0.503 e. The molecule has 0 radical (unpaired) electrons.